The van der Waals surface area contributed by atoms with Crippen molar-refractivity contribution in [3.8, 4) is 0 Å². The van der Waals surface area contributed by atoms with E-state index in [1.54, 1.807) is 19.1 Å². The molecule has 0 aliphatic heterocycles. The Morgan fingerprint density at radius 1 is 1.39 bits per heavy atom. The van der Waals surface area contributed by atoms with Gasteiger partial charge in [0.15, 0.2) is 0 Å². The highest BCUT2D eigenvalue weighted by Gasteiger charge is 2.38. The van der Waals surface area contributed by atoms with Crippen molar-refractivity contribution >= 4 is 10.0 Å². The van der Waals surface area contributed by atoms with Crippen LogP contribution in [0, 0.1) is 5.92 Å². The summed E-state index contributed by atoms with van der Waals surface area (Å²) in [6.45, 7) is 3.72. The second-order valence-corrected chi connectivity index (χ2v) is 6.59. The van der Waals surface area contributed by atoms with Crippen LogP contribution in [0.15, 0.2) is 29.2 Å². The van der Waals surface area contributed by atoms with Gasteiger partial charge in [-0.25, -0.2) is 13.1 Å². The second-order valence-electron chi connectivity index (χ2n) is 4.88. The van der Waals surface area contributed by atoms with Gasteiger partial charge in [0, 0.05) is 6.04 Å². The molecule has 3 unspecified atom stereocenters. The Morgan fingerprint density at radius 3 is 2.44 bits per heavy atom. The Kier molecular flexibility index (Phi) is 3.75. The van der Waals surface area contributed by atoms with Crippen molar-refractivity contribution in [1.82, 2.24) is 4.72 Å². The minimum Gasteiger partial charge on any atom is -0.389 e. The summed E-state index contributed by atoms with van der Waals surface area (Å²) in [6, 6.07) is 6.45. The largest absolute Gasteiger partial charge is 0.389 e. The van der Waals surface area contributed by atoms with Crippen molar-refractivity contribution in [1.29, 1.82) is 0 Å². The molecule has 1 aromatic carbocycles. The molecule has 2 rings (SSSR count). The normalized spacial score (nSPS) is 24.8. The predicted octanol–water partition coefficient (Wildman–Crippen LogP) is 1.82. The molecular weight excluding hydrogens is 250 g/mol. The van der Waals surface area contributed by atoms with Gasteiger partial charge < -0.3 is 5.11 Å². The summed E-state index contributed by atoms with van der Waals surface area (Å²) in [4.78, 5) is 0.258. The van der Waals surface area contributed by atoms with Crippen molar-refractivity contribution in [2.75, 3.05) is 0 Å². The fourth-order valence-electron chi connectivity index (χ4n) is 2.04. The summed E-state index contributed by atoms with van der Waals surface area (Å²) in [5.74, 6) is 0.483. The number of benzene rings is 1. The molecule has 1 aliphatic carbocycles. The molecule has 4 nitrogen and oxygen atoms in total. The molecule has 1 aliphatic rings. The maximum atomic E-state index is 12.1. The lowest BCUT2D eigenvalue weighted by Gasteiger charge is -2.08. The molecule has 0 amide bonds. The molecule has 1 aromatic rings. The second kappa shape index (κ2) is 4.99. The molecule has 100 valence electrons. The van der Waals surface area contributed by atoms with E-state index in [4.69, 9.17) is 0 Å². The Morgan fingerprint density at radius 2 is 2.00 bits per heavy atom. The molecule has 1 saturated carbocycles. The summed E-state index contributed by atoms with van der Waals surface area (Å²) in [7, 11) is -3.41. The molecule has 0 heterocycles. The highest BCUT2D eigenvalue weighted by atomic mass is 32.2. The van der Waals surface area contributed by atoms with Gasteiger partial charge in [-0.2, -0.15) is 0 Å². The van der Waals surface area contributed by atoms with Crippen LogP contribution in [-0.4, -0.2) is 19.6 Å². The van der Waals surface area contributed by atoms with Crippen LogP contribution in [0.2, 0.25) is 0 Å². The van der Waals surface area contributed by atoms with Crippen LogP contribution in [-0.2, 0) is 10.0 Å². The van der Waals surface area contributed by atoms with Crippen molar-refractivity contribution in [2.45, 2.75) is 43.7 Å². The van der Waals surface area contributed by atoms with E-state index in [1.807, 2.05) is 0 Å². The number of aliphatic hydroxyl groups excluding tert-OH is 1. The van der Waals surface area contributed by atoms with E-state index in [1.165, 1.54) is 12.1 Å². The van der Waals surface area contributed by atoms with E-state index >= 15 is 0 Å². The highest BCUT2D eigenvalue weighted by Crippen LogP contribution is 2.34. The third kappa shape index (κ3) is 2.91. The van der Waals surface area contributed by atoms with Gasteiger partial charge in [-0.3, -0.25) is 0 Å². The molecule has 0 spiro atoms. The van der Waals surface area contributed by atoms with E-state index in [0.717, 1.165) is 12.8 Å². The zero-order chi connectivity index (χ0) is 13.3. The lowest BCUT2D eigenvalue weighted by Crippen LogP contribution is -2.27. The van der Waals surface area contributed by atoms with Crippen LogP contribution in [0.5, 0.6) is 0 Å². The van der Waals surface area contributed by atoms with E-state index in [0.29, 0.717) is 11.5 Å². The van der Waals surface area contributed by atoms with E-state index < -0.39 is 16.1 Å². The Balaban J connectivity index is 2.10. The molecule has 2 N–H and O–H groups in total. The Bertz CT molecular complexity index is 508. The topological polar surface area (TPSA) is 66.4 Å². The molecule has 3 atom stereocenters. The van der Waals surface area contributed by atoms with Crippen LogP contribution < -0.4 is 4.72 Å². The van der Waals surface area contributed by atoms with E-state index in [9.17, 15) is 13.5 Å². The van der Waals surface area contributed by atoms with Gasteiger partial charge in [-0.1, -0.05) is 25.5 Å². The van der Waals surface area contributed by atoms with Gasteiger partial charge in [-0.05, 0) is 37.0 Å². The van der Waals surface area contributed by atoms with Gasteiger partial charge in [0.2, 0.25) is 10.0 Å². The number of sulfonamides is 1. The first-order valence-corrected chi connectivity index (χ1v) is 7.72. The summed E-state index contributed by atoms with van der Waals surface area (Å²) < 4.78 is 26.8. The first kappa shape index (κ1) is 13.5. The minimum absolute atomic E-state index is 0.0939. The van der Waals surface area contributed by atoms with Crippen LogP contribution in [0.3, 0.4) is 0 Å². The SMILES string of the molecule is CCC1CC1NS(=O)(=O)c1ccc(C(C)O)cc1. The number of aliphatic hydroxyl groups is 1. The molecule has 0 saturated heterocycles. The molecule has 18 heavy (non-hydrogen) atoms. The first-order chi connectivity index (χ1) is 8.44. The van der Waals surface area contributed by atoms with Gasteiger partial charge >= 0.3 is 0 Å². The quantitative estimate of drug-likeness (QED) is 0.857. The van der Waals surface area contributed by atoms with Crippen molar-refractivity contribution in [3.63, 3.8) is 0 Å². The zero-order valence-electron chi connectivity index (χ0n) is 10.6. The monoisotopic (exact) mass is 269 g/mol. The summed E-state index contributed by atoms with van der Waals surface area (Å²) >= 11 is 0. The zero-order valence-corrected chi connectivity index (χ0v) is 11.4. The number of hydrogen-bond donors (Lipinski definition) is 2. The van der Waals surface area contributed by atoms with Gasteiger partial charge in [0.25, 0.3) is 0 Å². The summed E-state index contributed by atoms with van der Waals surface area (Å²) in [6.07, 6.45) is 1.36. The third-order valence-electron chi connectivity index (χ3n) is 3.43. The van der Waals surface area contributed by atoms with Crippen LogP contribution >= 0.6 is 0 Å². The third-order valence-corrected chi connectivity index (χ3v) is 4.93. The standard InChI is InChI=1S/C13H19NO3S/c1-3-10-8-13(10)14-18(16,17)12-6-4-11(5-7-12)9(2)15/h4-7,9-10,13-15H,3,8H2,1-2H3. The van der Waals surface area contributed by atoms with E-state index in [2.05, 4.69) is 11.6 Å². The fraction of sp³-hybridized carbons (Fsp3) is 0.538. The molecule has 0 radical (unpaired) electrons. The van der Waals surface area contributed by atoms with Crippen molar-refractivity contribution in [3.05, 3.63) is 29.8 Å². The molecule has 0 bridgehead atoms. The average molecular weight is 269 g/mol. The number of rotatable bonds is 5. The smallest absolute Gasteiger partial charge is 0.240 e. The minimum atomic E-state index is -3.41. The Labute approximate surface area is 108 Å². The maximum Gasteiger partial charge on any atom is 0.240 e. The summed E-state index contributed by atoms with van der Waals surface area (Å²) in [5.41, 5.74) is 0.715. The number of hydrogen-bond acceptors (Lipinski definition) is 3. The molecule has 0 aromatic heterocycles. The summed E-state index contributed by atoms with van der Waals surface area (Å²) in [5, 5.41) is 9.37. The lowest BCUT2D eigenvalue weighted by atomic mass is 10.1. The van der Waals surface area contributed by atoms with Crippen LogP contribution in [0.4, 0.5) is 0 Å². The average Bonchev–Trinajstić information content (AvgIpc) is 3.06. The van der Waals surface area contributed by atoms with Gasteiger partial charge in [0.05, 0.1) is 11.0 Å². The highest BCUT2D eigenvalue weighted by molar-refractivity contribution is 7.89. The van der Waals surface area contributed by atoms with Crippen LogP contribution in [0.25, 0.3) is 0 Å². The van der Waals surface area contributed by atoms with Crippen LogP contribution in [0.1, 0.15) is 38.4 Å². The molecular formula is C13H19NO3S. The van der Waals surface area contributed by atoms with Gasteiger partial charge in [-0.15, -0.1) is 0 Å². The molecule has 5 heteroatoms. The Hall–Kier alpha value is -0.910. The van der Waals surface area contributed by atoms with E-state index in [-0.39, 0.29) is 10.9 Å². The van der Waals surface area contributed by atoms with Crippen molar-refractivity contribution < 1.29 is 13.5 Å². The fourth-order valence-corrected chi connectivity index (χ4v) is 3.35. The molecule has 1 fully saturated rings. The maximum absolute atomic E-state index is 12.1. The lowest BCUT2D eigenvalue weighted by molar-refractivity contribution is 0.199. The van der Waals surface area contributed by atoms with Crippen molar-refractivity contribution in [2.24, 2.45) is 5.92 Å². The first-order valence-electron chi connectivity index (χ1n) is 6.24. The van der Waals surface area contributed by atoms with Gasteiger partial charge in [0.1, 0.15) is 0 Å². The number of nitrogens with one attached hydrogen (secondary N) is 1. The predicted molar refractivity (Wildman–Crippen MR) is 69.6 cm³/mol.